The van der Waals surface area contributed by atoms with E-state index in [0.717, 1.165) is 19.3 Å². The van der Waals surface area contributed by atoms with E-state index in [1.807, 2.05) is 4.90 Å². The first-order valence-corrected chi connectivity index (χ1v) is 13.8. The van der Waals surface area contributed by atoms with Gasteiger partial charge in [0.2, 0.25) is 5.91 Å². The largest absolute Gasteiger partial charge is 0.481 e. The Labute approximate surface area is 235 Å². The Balaban J connectivity index is 3.01. The number of likely N-dealkylation sites (N-methyl/N-ethyl adjacent to an activating group) is 1. The molecule has 0 spiro atoms. The van der Waals surface area contributed by atoms with Crippen LogP contribution in [0.1, 0.15) is 78.7 Å². The van der Waals surface area contributed by atoms with Gasteiger partial charge in [0, 0.05) is 19.3 Å². The highest BCUT2D eigenvalue weighted by Crippen LogP contribution is 2.17. The van der Waals surface area contributed by atoms with Gasteiger partial charge >= 0.3 is 5.97 Å². The number of aromatic nitrogens is 2. The fourth-order valence-electron chi connectivity index (χ4n) is 4.23. The Morgan fingerprint density at radius 3 is 2.40 bits per heavy atom. The second-order valence-electron chi connectivity index (χ2n) is 10.4. The lowest BCUT2D eigenvalue weighted by Crippen LogP contribution is -2.50. The number of anilines is 1. The van der Waals surface area contributed by atoms with Gasteiger partial charge in [0.05, 0.1) is 25.6 Å². The summed E-state index contributed by atoms with van der Waals surface area (Å²) in [5.74, 6) is -2.79. The number of oxime groups is 1. The molecule has 0 fully saturated rings. The highest BCUT2D eigenvalue weighted by Gasteiger charge is 2.31. The third kappa shape index (κ3) is 11.6. The van der Waals surface area contributed by atoms with Crippen molar-refractivity contribution in [3.05, 3.63) is 22.7 Å². The van der Waals surface area contributed by atoms with E-state index in [2.05, 4.69) is 27.7 Å². The Hall–Kier alpha value is -3.61. The number of nitrogens with two attached hydrogens (primary N) is 1. The van der Waals surface area contributed by atoms with Gasteiger partial charge in [0.15, 0.2) is 23.0 Å². The molecule has 0 saturated carbocycles. The minimum Gasteiger partial charge on any atom is -0.481 e. The highest BCUT2D eigenvalue weighted by molar-refractivity contribution is 6.40. The van der Waals surface area contributed by atoms with Gasteiger partial charge < -0.3 is 20.9 Å². The minimum atomic E-state index is -1.25. The molecule has 1 aromatic heterocycles. The minimum absolute atomic E-state index is 0.00483. The van der Waals surface area contributed by atoms with Crippen molar-refractivity contribution in [1.29, 1.82) is 0 Å². The van der Waals surface area contributed by atoms with Crippen LogP contribution in [0.15, 0.2) is 22.3 Å². The molecule has 1 heterocycles. The summed E-state index contributed by atoms with van der Waals surface area (Å²) >= 11 is 0. The summed E-state index contributed by atoms with van der Waals surface area (Å²) in [4.78, 5) is 57.0. The van der Waals surface area contributed by atoms with E-state index in [1.54, 1.807) is 20.9 Å². The molecular formula is C27H46N7O6+. The standard InChI is InChI=1S/C27H45N7O6/c1-6-7-8-9-10-11-13-33(5)17-22(35)20(15-23(36)37)31-26(38)24(18(2)3)34-14-12-29-25(27(34)39)30-16-21(32-40)19(4)28/h12,14,18,20,24,28,40H,6-11,13,15-17H2,1-5H3,(H,29,30)(H,31,38)(H,36,37)/p+1. The third-order valence-corrected chi connectivity index (χ3v) is 6.47. The summed E-state index contributed by atoms with van der Waals surface area (Å²) in [6.07, 6.45) is 8.79. The molecule has 0 bridgehead atoms. The van der Waals surface area contributed by atoms with E-state index in [4.69, 9.17) is 10.6 Å². The SMILES string of the molecule is CCCCCCCCN(C)CC(=O)C(CC(=O)O)NC(=O)C(C(C)C)n1ccnc(NCC(=NO)C(C)=[NH2+])c1=O. The zero-order valence-corrected chi connectivity index (χ0v) is 24.4. The number of nitrogens with zero attached hydrogens (tertiary/aromatic N) is 4. The Morgan fingerprint density at radius 1 is 1.18 bits per heavy atom. The normalized spacial score (nSPS) is 13.2. The van der Waals surface area contributed by atoms with Crippen molar-refractivity contribution in [1.82, 2.24) is 19.8 Å². The van der Waals surface area contributed by atoms with Crippen LogP contribution in [0.25, 0.3) is 0 Å². The maximum absolute atomic E-state index is 13.4. The van der Waals surface area contributed by atoms with Gasteiger partial charge in [-0.25, -0.2) is 4.98 Å². The van der Waals surface area contributed by atoms with Crippen molar-refractivity contribution in [3.8, 4) is 0 Å². The second-order valence-corrected chi connectivity index (χ2v) is 10.4. The van der Waals surface area contributed by atoms with Gasteiger partial charge in [0.25, 0.3) is 5.56 Å². The lowest BCUT2D eigenvalue weighted by Gasteiger charge is -2.26. The Bertz CT molecular complexity index is 1090. The number of carboxylic acids is 1. The number of carbonyl (C=O) groups excluding carboxylic acids is 2. The molecule has 0 radical (unpaired) electrons. The summed E-state index contributed by atoms with van der Waals surface area (Å²) in [5.41, 5.74) is -0.258. The molecule has 0 aromatic carbocycles. The quantitative estimate of drug-likeness (QED) is 0.0657. The van der Waals surface area contributed by atoms with Crippen LogP contribution in [0.5, 0.6) is 0 Å². The monoisotopic (exact) mass is 564 g/mol. The maximum atomic E-state index is 13.4. The van der Waals surface area contributed by atoms with Crippen molar-refractivity contribution in [2.24, 2.45) is 11.1 Å². The average Bonchev–Trinajstić information content (AvgIpc) is 2.87. The predicted molar refractivity (Wildman–Crippen MR) is 153 cm³/mol. The molecule has 13 nitrogen and oxygen atoms in total. The van der Waals surface area contributed by atoms with E-state index >= 15 is 0 Å². The van der Waals surface area contributed by atoms with Crippen LogP contribution in [-0.2, 0) is 14.4 Å². The van der Waals surface area contributed by atoms with Gasteiger partial charge in [-0.15, -0.1) is 0 Å². The van der Waals surface area contributed by atoms with Crippen molar-refractivity contribution >= 4 is 34.9 Å². The molecule has 13 heteroatoms. The first-order valence-electron chi connectivity index (χ1n) is 13.8. The molecule has 1 amide bonds. The van der Waals surface area contributed by atoms with Gasteiger partial charge in [-0.05, 0) is 25.9 Å². The van der Waals surface area contributed by atoms with E-state index in [0.29, 0.717) is 6.54 Å². The van der Waals surface area contributed by atoms with E-state index in [-0.39, 0.29) is 30.3 Å². The number of hydrogen-bond acceptors (Lipinski definition) is 9. The molecule has 1 aromatic rings. The van der Waals surface area contributed by atoms with Crippen LogP contribution in [0.3, 0.4) is 0 Å². The number of ketones is 1. The number of carbonyl (C=O) groups is 3. The molecule has 40 heavy (non-hydrogen) atoms. The van der Waals surface area contributed by atoms with Crippen molar-refractivity contribution in [2.75, 3.05) is 32.0 Å². The molecule has 224 valence electrons. The number of amides is 1. The van der Waals surface area contributed by atoms with Crippen LogP contribution < -0.4 is 21.6 Å². The smallest absolute Gasteiger partial charge is 0.305 e. The molecule has 2 unspecified atom stereocenters. The van der Waals surface area contributed by atoms with Crippen LogP contribution in [0, 0.1) is 5.92 Å². The van der Waals surface area contributed by atoms with Gasteiger partial charge in [0.1, 0.15) is 6.04 Å². The summed E-state index contributed by atoms with van der Waals surface area (Å²) in [7, 11) is 1.79. The Morgan fingerprint density at radius 2 is 1.82 bits per heavy atom. The lowest BCUT2D eigenvalue weighted by atomic mass is 10.0. The summed E-state index contributed by atoms with van der Waals surface area (Å²) in [6.45, 7) is 7.76. The number of unbranched alkanes of at least 4 members (excludes halogenated alkanes) is 5. The third-order valence-electron chi connectivity index (χ3n) is 6.47. The molecule has 6 N–H and O–H groups in total. The highest BCUT2D eigenvalue weighted by atomic mass is 16.4. The summed E-state index contributed by atoms with van der Waals surface area (Å²) < 4.78 is 1.18. The molecule has 2 atom stereocenters. The van der Waals surface area contributed by atoms with Gasteiger partial charge in [-0.3, -0.25) is 34.1 Å². The number of Topliss-reactive ketones (excluding diaryl/α,β-unsaturated/α-hetero) is 1. The zero-order chi connectivity index (χ0) is 30.2. The number of rotatable bonds is 20. The number of carboxylic acid groups (broad SMARTS) is 1. The van der Waals surface area contributed by atoms with Crippen molar-refractivity contribution < 1.29 is 30.1 Å². The molecule has 0 saturated heterocycles. The van der Waals surface area contributed by atoms with Crippen LogP contribution in [-0.4, -0.2) is 86.6 Å². The van der Waals surface area contributed by atoms with Crippen molar-refractivity contribution in [2.45, 2.75) is 84.7 Å². The summed E-state index contributed by atoms with van der Waals surface area (Å²) in [6, 6.07) is -2.30. The topological polar surface area (TPSA) is 192 Å². The predicted octanol–water partition coefficient (Wildman–Crippen LogP) is 0.723. The Kier molecular flexibility index (Phi) is 15.4. The van der Waals surface area contributed by atoms with E-state index in [9.17, 15) is 24.3 Å². The molecular weight excluding hydrogens is 518 g/mol. The van der Waals surface area contributed by atoms with Crippen LogP contribution >= 0.6 is 0 Å². The van der Waals surface area contributed by atoms with Crippen LogP contribution in [0.4, 0.5) is 5.82 Å². The van der Waals surface area contributed by atoms with E-state index in [1.165, 1.54) is 43.1 Å². The summed E-state index contributed by atoms with van der Waals surface area (Å²) in [5, 5.41) is 32.5. The van der Waals surface area contributed by atoms with Crippen LogP contribution in [0.2, 0.25) is 0 Å². The van der Waals surface area contributed by atoms with E-state index < -0.39 is 47.6 Å². The number of hydrogen-bond donors (Lipinski definition) is 5. The lowest BCUT2D eigenvalue weighted by molar-refractivity contribution is -0.140. The first kappa shape index (κ1) is 34.4. The van der Waals surface area contributed by atoms with Gasteiger partial charge in [-0.2, -0.15) is 0 Å². The number of aliphatic carboxylic acids is 1. The second kappa shape index (κ2) is 17.9. The average molecular weight is 565 g/mol. The van der Waals surface area contributed by atoms with Crippen molar-refractivity contribution in [3.63, 3.8) is 0 Å². The fraction of sp³-hybridized carbons (Fsp3) is 0.667. The number of nitrogens with one attached hydrogen (secondary N) is 2. The van der Waals surface area contributed by atoms with Gasteiger partial charge in [-0.1, -0.05) is 58.0 Å². The molecule has 0 aliphatic heterocycles. The molecule has 0 aliphatic carbocycles. The molecule has 0 aliphatic rings. The first-order chi connectivity index (χ1) is 18.9. The molecule has 1 rings (SSSR count). The fourth-order valence-corrected chi connectivity index (χ4v) is 4.23. The zero-order valence-electron chi connectivity index (χ0n) is 24.4. The maximum Gasteiger partial charge on any atom is 0.305 e.